The molecule has 31 heavy (non-hydrogen) atoms. The van der Waals surface area contributed by atoms with E-state index in [4.69, 9.17) is 14.3 Å². The first kappa shape index (κ1) is 20.5. The Kier molecular flexibility index (Phi) is 5.68. The lowest BCUT2D eigenvalue weighted by atomic mass is 10.2. The molecular weight excluding hydrogens is 414 g/mol. The van der Waals surface area contributed by atoms with Crippen LogP contribution >= 0.6 is 0 Å². The Morgan fingerprint density at radius 1 is 1.10 bits per heavy atom. The second-order valence-corrected chi connectivity index (χ2v) is 9.05. The molecule has 0 saturated heterocycles. The molecule has 8 nitrogen and oxygen atoms in total. The van der Waals surface area contributed by atoms with Gasteiger partial charge in [-0.3, -0.25) is 4.98 Å². The minimum atomic E-state index is -2.79. The van der Waals surface area contributed by atoms with E-state index in [0.29, 0.717) is 27.7 Å². The molecule has 0 aliphatic heterocycles. The Bertz CT molecular complexity index is 1330. The van der Waals surface area contributed by atoms with Gasteiger partial charge in [-0.15, -0.1) is 0 Å². The number of nitrogens with zero attached hydrogens (tertiary/aromatic N) is 3. The van der Waals surface area contributed by atoms with Gasteiger partial charge < -0.3 is 14.8 Å². The molecule has 9 heteroatoms. The lowest BCUT2D eigenvalue weighted by Gasteiger charge is -2.14. The number of hydrogen-bond donors (Lipinski definition) is 2. The Balaban J connectivity index is 1.63. The van der Waals surface area contributed by atoms with E-state index in [9.17, 15) is 4.21 Å². The van der Waals surface area contributed by atoms with Crippen LogP contribution in [0.1, 0.15) is 5.56 Å². The van der Waals surface area contributed by atoms with E-state index in [0.717, 1.165) is 16.6 Å². The highest BCUT2D eigenvalue weighted by molar-refractivity contribution is 7.91. The number of hydrogen-bond acceptors (Lipinski definition) is 8. The van der Waals surface area contributed by atoms with Gasteiger partial charge >= 0.3 is 0 Å². The molecule has 0 fully saturated rings. The molecule has 0 saturated carbocycles. The zero-order valence-corrected chi connectivity index (χ0v) is 17.8. The van der Waals surface area contributed by atoms with Crippen LogP contribution in [0.5, 0.6) is 11.5 Å². The van der Waals surface area contributed by atoms with Crippen LogP contribution in [0.25, 0.3) is 10.9 Å². The molecule has 158 valence electrons. The highest BCUT2D eigenvalue weighted by atomic mass is 32.2. The fourth-order valence-electron chi connectivity index (χ4n) is 3.05. The summed E-state index contributed by atoms with van der Waals surface area (Å²) in [5.41, 5.74) is 2.31. The van der Waals surface area contributed by atoms with Crippen molar-refractivity contribution in [3.63, 3.8) is 0 Å². The van der Waals surface area contributed by atoms with Crippen molar-refractivity contribution in [1.29, 1.82) is 4.78 Å². The van der Waals surface area contributed by atoms with Gasteiger partial charge in [0.05, 0.1) is 34.2 Å². The molecule has 0 bridgehead atoms. The molecule has 2 aromatic heterocycles. The molecule has 1 unspecified atom stereocenters. The number of anilines is 2. The van der Waals surface area contributed by atoms with Gasteiger partial charge in [0.2, 0.25) is 0 Å². The Hall–Kier alpha value is -3.72. The van der Waals surface area contributed by atoms with Crippen LogP contribution in [-0.2, 0) is 16.3 Å². The Labute approximate surface area is 180 Å². The van der Waals surface area contributed by atoms with E-state index in [1.807, 2.05) is 24.3 Å². The van der Waals surface area contributed by atoms with Crippen molar-refractivity contribution >= 4 is 32.1 Å². The van der Waals surface area contributed by atoms with Crippen molar-refractivity contribution < 1.29 is 13.7 Å². The van der Waals surface area contributed by atoms with Gasteiger partial charge in [-0.25, -0.2) is 19.0 Å². The number of aromatic nitrogens is 3. The van der Waals surface area contributed by atoms with Crippen LogP contribution in [-0.4, -0.2) is 32.5 Å². The summed E-state index contributed by atoms with van der Waals surface area (Å²) in [7, 11) is -1.22. The molecule has 2 aromatic carbocycles. The zero-order chi connectivity index (χ0) is 21.8. The molecule has 0 aliphatic carbocycles. The van der Waals surface area contributed by atoms with E-state index in [2.05, 4.69) is 20.3 Å². The topological polar surface area (TPSA) is 110 Å². The highest BCUT2D eigenvalue weighted by Crippen LogP contribution is 2.35. The summed E-state index contributed by atoms with van der Waals surface area (Å²) in [6, 6.07) is 14.4. The summed E-state index contributed by atoms with van der Waals surface area (Å²) in [6.45, 7) is 0.233. The number of methoxy groups -OCH3 is 1. The number of pyridine rings is 1. The molecule has 2 N–H and O–H groups in total. The molecule has 4 aromatic rings. The van der Waals surface area contributed by atoms with E-state index >= 15 is 0 Å². The predicted molar refractivity (Wildman–Crippen MR) is 119 cm³/mol. The first-order chi connectivity index (χ1) is 14.9. The van der Waals surface area contributed by atoms with Crippen molar-refractivity contribution in [2.75, 3.05) is 18.7 Å². The van der Waals surface area contributed by atoms with Crippen molar-refractivity contribution in [2.24, 2.45) is 0 Å². The summed E-state index contributed by atoms with van der Waals surface area (Å²) in [5, 5.41) is 4.02. The summed E-state index contributed by atoms with van der Waals surface area (Å²) in [5.74, 6) is 1.69. The summed E-state index contributed by atoms with van der Waals surface area (Å²) >= 11 is 0. The maximum Gasteiger partial charge on any atom is 0.163 e. The molecular formula is C22H21N5O3S. The highest BCUT2D eigenvalue weighted by Gasteiger charge is 2.13. The first-order valence-electron chi connectivity index (χ1n) is 9.39. The van der Waals surface area contributed by atoms with Gasteiger partial charge in [0.25, 0.3) is 0 Å². The molecule has 2 heterocycles. The predicted octanol–water partition coefficient (Wildman–Crippen LogP) is 4.39. The average molecular weight is 436 g/mol. The maximum atomic E-state index is 12.0. The van der Waals surface area contributed by atoms with E-state index in [-0.39, 0.29) is 6.61 Å². The second-order valence-electron chi connectivity index (χ2n) is 6.89. The van der Waals surface area contributed by atoms with Crippen LogP contribution in [0.15, 0.2) is 72.1 Å². The Morgan fingerprint density at radius 3 is 2.71 bits per heavy atom. The standard InChI is InChI=1S/C22H21N5O3S/c1-29-20-10-18-19(25-14-26-22(18)27-16-6-4-8-24-12-16)11-21(20)30-13-15-5-3-7-17(9-15)31(2,23)28/h3-12,14,23H,13H2,1-2H3,(H,25,26,27). The minimum Gasteiger partial charge on any atom is -0.493 e. The molecule has 1 atom stereocenters. The van der Waals surface area contributed by atoms with Crippen molar-refractivity contribution in [1.82, 2.24) is 15.0 Å². The second kappa shape index (κ2) is 8.57. The summed E-state index contributed by atoms with van der Waals surface area (Å²) < 4.78 is 31.3. The third kappa shape index (κ3) is 4.72. The molecule has 0 aliphatic rings. The average Bonchev–Trinajstić information content (AvgIpc) is 2.77. The number of fused-ring (bicyclic) bond motifs is 1. The van der Waals surface area contributed by atoms with Crippen LogP contribution in [0.4, 0.5) is 11.5 Å². The molecule has 0 radical (unpaired) electrons. The summed E-state index contributed by atoms with van der Waals surface area (Å²) in [6.07, 6.45) is 6.29. The van der Waals surface area contributed by atoms with Crippen LogP contribution in [0.2, 0.25) is 0 Å². The minimum absolute atomic E-state index is 0.233. The fourth-order valence-corrected chi connectivity index (χ4v) is 3.76. The van der Waals surface area contributed by atoms with E-state index in [1.54, 1.807) is 43.8 Å². The van der Waals surface area contributed by atoms with E-state index < -0.39 is 9.73 Å². The quantitative estimate of drug-likeness (QED) is 0.443. The van der Waals surface area contributed by atoms with Gasteiger partial charge in [0, 0.05) is 28.8 Å². The van der Waals surface area contributed by atoms with Crippen LogP contribution in [0, 0.1) is 4.78 Å². The largest absolute Gasteiger partial charge is 0.493 e. The van der Waals surface area contributed by atoms with Crippen molar-refractivity contribution in [3.05, 3.63) is 72.8 Å². The van der Waals surface area contributed by atoms with Crippen molar-refractivity contribution in [3.8, 4) is 11.5 Å². The third-order valence-corrected chi connectivity index (χ3v) is 5.74. The Morgan fingerprint density at radius 2 is 1.97 bits per heavy atom. The van der Waals surface area contributed by atoms with Crippen LogP contribution in [0.3, 0.4) is 0 Å². The first-order valence-corrected chi connectivity index (χ1v) is 11.4. The fraction of sp³-hybridized carbons (Fsp3) is 0.136. The third-order valence-electron chi connectivity index (χ3n) is 4.59. The number of benzene rings is 2. The van der Waals surface area contributed by atoms with Gasteiger partial charge in [0.1, 0.15) is 18.8 Å². The van der Waals surface area contributed by atoms with Gasteiger partial charge in [-0.05, 0) is 35.9 Å². The molecule has 0 amide bonds. The zero-order valence-electron chi connectivity index (χ0n) is 17.0. The maximum absolute atomic E-state index is 12.0. The normalized spacial score (nSPS) is 12.8. The monoisotopic (exact) mass is 435 g/mol. The smallest absolute Gasteiger partial charge is 0.163 e. The van der Waals surface area contributed by atoms with Gasteiger partial charge in [-0.2, -0.15) is 0 Å². The molecule has 4 rings (SSSR count). The number of ether oxygens (including phenoxy) is 2. The molecule has 0 spiro atoms. The van der Waals surface area contributed by atoms with Crippen LogP contribution < -0.4 is 14.8 Å². The lowest BCUT2D eigenvalue weighted by molar-refractivity contribution is 0.285. The van der Waals surface area contributed by atoms with Gasteiger partial charge in [-0.1, -0.05) is 12.1 Å². The van der Waals surface area contributed by atoms with E-state index in [1.165, 1.54) is 12.6 Å². The summed E-state index contributed by atoms with van der Waals surface area (Å²) in [4.78, 5) is 13.3. The lowest BCUT2D eigenvalue weighted by Crippen LogP contribution is -2.01. The SMILES string of the molecule is COc1cc2c(Nc3cccnc3)ncnc2cc1OCc1cccc(S(C)(=N)=O)c1. The van der Waals surface area contributed by atoms with Gasteiger partial charge in [0.15, 0.2) is 11.5 Å². The number of nitrogens with one attached hydrogen (secondary N) is 2. The number of rotatable bonds is 7. The van der Waals surface area contributed by atoms with Crippen molar-refractivity contribution in [2.45, 2.75) is 11.5 Å².